The van der Waals surface area contributed by atoms with Crippen LogP contribution in [0.25, 0.3) is 0 Å². The van der Waals surface area contributed by atoms with E-state index in [2.05, 4.69) is 11.5 Å². The van der Waals surface area contributed by atoms with Crippen molar-refractivity contribution < 1.29 is 9.90 Å². The fourth-order valence-electron chi connectivity index (χ4n) is 2.54. The van der Waals surface area contributed by atoms with E-state index in [4.69, 9.17) is 0 Å². The second-order valence-electron chi connectivity index (χ2n) is 4.85. The smallest absolute Gasteiger partial charge is 0.310 e. The van der Waals surface area contributed by atoms with Crippen LogP contribution in [0.15, 0.2) is 12.7 Å². The summed E-state index contributed by atoms with van der Waals surface area (Å²) < 4.78 is 0. The van der Waals surface area contributed by atoms with Crippen molar-refractivity contribution in [3.63, 3.8) is 0 Å². The molecule has 1 aliphatic heterocycles. The van der Waals surface area contributed by atoms with E-state index in [0.717, 1.165) is 32.0 Å². The fourth-order valence-corrected chi connectivity index (χ4v) is 2.54. The average molecular weight is 209 g/mol. The summed E-state index contributed by atoms with van der Waals surface area (Å²) >= 11 is 0. The minimum atomic E-state index is -0.641. The molecule has 0 radical (unpaired) electrons. The van der Waals surface area contributed by atoms with Crippen molar-refractivity contribution in [2.24, 2.45) is 5.41 Å². The summed E-state index contributed by atoms with van der Waals surface area (Å²) in [5.74, 6) is -0.641. The predicted molar refractivity (Wildman–Crippen MR) is 58.7 cm³/mol. The van der Waals surface area contributed by atoms with Gasteiger partial charge in [-0.25, -0.2) is 0 Å². The molecule has 0 bridgehead atoms. The number of carboxylic acids is 1. The predicted octanol–water partition coefficient (Wildman–Crippen LogP) is 1.89. The van der Waals surface area contributed by atoms with Crippen molar-refractivity contribution in [2.45, 2.75) is 38.1 Å². The van der Waals surface area contributed by atoms with Crippen LogP contribution in [0.2, 0.25) is 0 Å². The Balaban J connectivity index is 1.97. The summed E-state index contributed by atoms with van der Waals surface area (Å²) in [6, 6.07) is 0.764. The molecule has 0 amide bonds. The molecule has 1 saturated heterocycles. The first-order valence-corrected chi connectivity index (χ1v) is 5.76. The van der Waals surface area contributed by atoms with Crippen LogP contribution in [0.5, 0.6) is 0 Å². The fraction of sp³-hybridized carbons (Fsp3) is 0.750. The minimum Gasteiger partial charge on any atom is -0.481 e. The number of carboxylic acid groups (broad SMARTS) is 1. The lowest BCUT2D eigenvalue weighted by Crippen LogP contribution is -2.44. The minimum absolute atomic E-state index is 0.521. The Morgan fingerprint density at radius 3 is 2.47 bits per heavy atom. The molecule has 2 fully saturated rings. The largest absolute Gasteiger partial charge is 0.481 e. The van der Waals surface area contributed by atoms with Crippen molar-refractivity contribution in [1.29, 1.82) is 0 Å². The third-order valence-corrected chi connectivity index (χ3v) is 3.81. The molecule has 2 aliphatic rings. The summed E-state index contributed by atoms with van der Waals surface area (Å²) in [6.45, 7) is 5.57. The highest BCUT2D eigenvalue weighted by Crippen LogP contribution is 2.39. The average Bonchev–Trinajstić information content (AvgIpc) is 3.02. The monoisotopic (exact) mass is 209 g/mol. The van der Waals surface area contributed by atoms with Crippen molar-refractivity contribution in [1.82, 2.24) is 4.90 Å². The van der Waals surface area contributed by atoms with Gasteiger partial charge in [0.15, 0.2) is 0 Å². The van der Waals surface area contributed by atoms with E-state index in [1.54, 1.807) is 6.08 Å². The Hall–Kier alpha value is -0.830. The lowest BCUT2D eigenvalue weighted by atomic mass is 9.75. The van der Waals surface area contributed by atoms with Gasteiger partial charge in [-0.1, -0.05) is 6.08 Å². The summed E-state index contributed by atoms with van der Waals surface area (Å²) in [5.41, 5.74) is -0.521. The van der Waals surface area contributed by atoms with Crippen LogP contribution < -0.4 is 0 Å². The number of hydrogen-bond donors (Lipinski definition) is 1. The highest BCUT2D eigenvalue weighted by atomic mass is 16.4. The molecule has 1 aliphatic carbocycles. The number of piperidine rings is 1. The zero-order chi connectivity index (χ0) is 10.9. The summed E-state index contributed by atoms with van der Waals surface area (Å²) in [6.07, 6.45) is 6.54. The maximum Gasteiger partial charge on any atom is 0.310 e. The maximum atomic E-state index is 11.3. The van der Waals surface area contributed by atoms with Gasteiger partial charge in [-0.2, -0.15) is 0 Å². The molecule has 1 saturated carbocycles. The highest BCUT2D eigenvalue weighted by Gasteiger charge is 2.43. The molecule has 3 nitrogen and oxygen atoms in total. The van der Waals surface area contributed by atoms with Gasteiger partial charge in [0.25, 0.3) is 0 Å². The third-order valence-electron chi connectivity index (χ3n) is 3.81. The van der Waals surface area contributed by atoms with Crippen LogP contribution in [0.1, 0.15) is 32.1 Å². The van der Waals surface area contributed by atoms with Crippen molar-refractivity contribution in [3.8, 4) is 0 Å². The summed E-state index contributed by atoms with van der Waals surface area (Å²) in [7, 11) is 0. The number of likely N-dealkylation sites (tertiary alicyclic amines) is 1. The van der Waals surface area contributed by atoms with Crippen molar-refractivity contribution in [3.05, 3.63) is 12.7 Å². The molecular weight excluding hydrogens is 190 g/mol. The van der Waals surface area contributed by atoms with E-state index in [1.807, 2.05) is 0 Å². The first kappa shape index (κ1) is 10.7. The van der Waals surface area contributed by atoms with Gasteiger partial charge in [0.05, 0.1) is 5.41 Å². The third kappa shape index (κ3) is 2.07. The number of carbonyl (C=O) groups is 1. The Kier molecular flexibility index (Phi) is 2.83. The zero-order valence-electron chi connectivity index (χ0n) is 9.11. The van der Waals surface area contributed by atoms with Gasteiger partial charge in [-0.15, -0.1) is 6.58 Å². The van der Waals surface area contributed by atoms with E-state index >= 15 is 0 Å². The molecular formula is C12H19NO2. The van der Waals surface area contributed by atoms with Gasteiger partial charge in [-0.3, -0.25) is 4.79 Å². The number of hydrogen-bond acceptors (Lipinski definition) is 2. The maximum absolute atomic E-state index is 11.3. The standard InChI is InChI=1S/C12H19NO2/c1-2-5-12(11(14)15)6-8-13(9-7-12)10-3-4-10/h2,10H,1,3-9H2,(H,14,15). The van der Waals surface area contributed by atoms with Gasteiger partial charge in [0.2, 0.25) is 0 Å². The van der Waals surface area contributed by atoms with Crippen LogP contribution in [0, 0.1) is 5.41 Å². The van der Waals surface area contributed by atoms with Crippen LogP contribution in [0.4, 0.5) is 0 Å². The second-order valence-corrected chi connectivity index (χ2v) is 4.85. The molecule has 0 spiro atoms. The number of rotatable bonds is 4. The highest BCUT2D eigenvalue weighted by molar-refractivity contribution is 5.75. The molecule has 0 atom stereocenters. The van der Waals surface area contributed by atoms with Gasteiger partial charge >= 0.3 is 5.97 Å². The summed E-state index contributed by atoms with van der Waals surface area (Å²) in [4.78, 5) is 13.7. The van der Waals surface area contributed by atoms with E-state index < -0.39 is 11.4 Å². The molecule has 0 unspecified atom stereocenters. The number of nitrogens with zero attached hydrogens (tertiary/aromatic N) is 1. The van der Waals surface area contributed by atoms with Gasteiger partial charge in [0, 0.05) is 6.04 Å². The molecule has 0 aromatic rings. The Morgan fingerprint density at radius 1 is 1.47 bits per heavy atom. The molecule has 0 aromatic carbocycles. The lowest BCUT2D eigenvalue weighted by Gasteiger charge is -2.38. The Labute approximate surface area is 90.8 Å². The molecule has 1 N–H and O–H groups in total. The SMILES string of the molecule is C=CCC1(C(=O)O)CCN(C2CC2)CC1. The van der Waals surface area contributed by atoms with Crippen LogP contribution in [-0.2, 0) is 4.79 Å². The van der Waals surface area contributed by atoms with Crippen molar-refractivity contribution >= 4 is 5.97 Å². The van der Waals surface area contributed by atoms with Gasteiger partial charge in [0.1, 0.15) is 0 Å². The Bertz CT molecular complexity index is 263. The van der Waals surface area contributed by atoms with Crippen LogP contribution >= 0.6 is 0 Å². The molecule has 84 valence electrons. The van der Waals surface area contributed by atoms with Gasteiger partial charge in [-0.05, 0) is 45.2 Å². The van der Waals surface area contributed by atoms with Crippen molar-refractivity contribution in [2.75, 3.05) is 13.1 Å². The summed E-state index contributed by atoms with van der Waals surface area (Å²) in [5, 5.41) is 9.29. The van der Waals surface area contributed by atoms with E-state index in [-0.39, 0.29) is 0 Å². The quantitative estimate of drug-likeness (QED) is 0.719. The van der Waals surface area contributed by atoms with Crippen LogP contribution in [-0.4, -0.2) is 35.1 Å². The first-order valence-electron chi connectivity index (χ1n) is 5.76. The number of allylic oxidation sites excluding steroid dienone is 1. The molecule has 0 aromatic heterocycles. The zero-order valence-corrected chi connectivity index (χ0v) is 9.11. The first-order chi connectivity index (χ1) is 7.18. The van der Waals surface area contributed by atoms with E-state index in [9.17, 15) is 9.90 Å². The normalized spacial score (nSPS) is 26.1. The molecule has 1 heterocycles. The lowest BCUT2D eigenvalue weighted by molar-refractivity contribution is -0.152. The molecule has 3 heteroatoms. The Morgan fingerprint density at radius 2 is 2.07 bits per heavy atom. The topological polar surface area (TPSA) is 40.5 Å². The van der Waals surface area contributed by atoms with E-state index in [0.29, 0.717) is 6.42 Å². The van der Waals surface area contributed by atoms with E-state index in [1.165, 1.54) is 12.8 Å². The second kappa shape index (κ2) is 3.97. The van der Waals surface area contributed by atoms with Gasteiger partial charge < -0.3 is 10.0 Å². The molecule has 2 rings (SSSR count). The van der Waals surface area contributed by atoms with Crippen LogP contribution in [0.3, 0.4) is 0 Å². The number of aliphatic carboxylic acids is 1. The molecule has 15 heavy (non-hydrogen) atoms.